The molecule has 4 nitrogen and oxygen atoms in total. The van der Waals surface area contributed by atoms with Crippen LogP contribution in [0.15, 0.2) is 42.7 Å². The Labute approximate surface area is 114 Å². The minimum absolute atomic E-state index is 0.414. The summed E-state index contributed by atoms with van der Waals surface area (Å²) in [6.07, 6.45) is 4.78. The molecule has 0 radical (unpaired) electrons. The Balaban J connectivity index is 1.87. The summed E-state index contributed by atoms with van der Waals surface area (Å²) in [7, 11) is 1.73. The molecule has 1 atom stereocenters. The third-order valence-electron chi connectivity index (χ3n) is 3.03. The summed E-state index contributed by atoms with van der Waals surface area (Å²) in [6, 6.07) is 10.8. The van der Waals surface area contributed by atoms with Crippen LogP contribution in [0.1, 0.15) is 18.9 Å². The van der Waals surface area contributed by atoms with Gasteiger partial charge in [-0.1, -0.05) is 12.1 Å². The molecule has 0 amide bonds. The summed E-state index contributed by atoms with van der Waals surface area (Å²) in [5, 5.41) is 7.66. The summed E-state index contributed by atoms with van der Waals surface area (Å²) in [5.41, 5.74) is 2.40. The molecule has 0 spiro atoms. The molecule has 0 bridgehead atoms. The summed E-state index contributed by atoms with van der Waals surface area (Å²) in [5.74, 6) is 0. The minimum Gasteiger partial charge on any atom is -0.385 e. The van der Waals surface area contributed by atoms with Crippen molar-refractivity contribution < 1.29 is 4.74 Å². The van der Waals surface area contributed by atoms with Crippen LogP contribution in [0.5, 0.6) is 0 Å². The number of benzene rings is 1. The van der Waals surface area contributed by atoms with Gasteiger partial charge in [0.15, 0.2) is 0 Å². The van der Waals surface area contributed by atoms with Crippen molar-refractivity contribution in [3.8, 4) is 0 Å². The van der Waals surface area contributed by atoms with Gasteiger partial charge < -0.3 is 10.1 Å². The minimum atomic E-state index is 0.414. The summed E-state index contributed by atoms with van der Waals surface area (Å²) < 4.78 is 7.00. The number of nitrogens with one attached hydrogen (secondary N) is 1. The van der Waals surface area contributed by atoms with E-state index in [1.54, 1.807) is 13.3 Å². The summed E-state index contributed by atoms with van der Waals surface area (Å²) in [6.45, 7) is 3.76. The van der Waals surface area contributed by atoms with E-state index in [2.05, 4.69) is 41.6 Å². The second kappa shape index (κ2) is 6.95. The Morgan fingerprint density at radius 3 is 2.74 bits per heavy atom. The van der Waals surface area contributed by atoms with Gasteiger partial charge in [0, 0.05) is 37.8 Å². The molecule has 1 unspecified atom stereocenters. The van der Waals surface area contributed by atoms with Crippen LogP contribution in [0.2, 0.25) is 0 Å². The number of anilines is 1. The topological polar surface area (TPSA) is 39.1 Å². The Kier molecular flexibility index (Phi) is 4.98. The average molecular weight is 259 g/mol. The van der Waals surface area contributed by atoms with Crippen molar-refractivity contribution in [2.45, 2.75) is 25.9 Å². The Hall–Kier alpha value is -1.81. The second-order valence-electron chi connectivity index (χ2n) is 4.73. The molecule has 0 aliphatic rings. The molecule has 102 valence electrons. The van der Waals surface area contributed by atoms with Crippen LogP contribution in [0.3, 0.4) is 0 Å². The maximum Gasteiger partial charge on any atom is 0.0659 e. The Morgan fingerprint density at radius 2 is 2.11 bits per heavy atom. The zero-order valence-electron chi connectivity index (χ0n) is 11.5. The fourth-order valence-electron chi connectivity index (χ4n) is 1.94. The first kappa shape index (κ1) is 13.6. The number of methoxy groups -OCH3 is 1. The largest absolute Gasteiger partial charge is 0.385 e. The molecule has 0 fully saturated rings. The molecule has 19 heavy (non-hydrogen) atoms. The van der Waals surface area contributed by atoms with Gasteiger partial charge in [0.05, 0.1) is 6.54 Å². The van der Waals surface area contributed by atoms with Gasteiger partial charge in [-0.2, -0.15) is 5.10 Å². The lowest BCUT2D eigenvalue weighted by Gasteiger charge is -2.15. The van der Waals surface area contributed by atoms with E-state index in [1.807, 2.05) is 16.9 Å². The maximum absolute atomic E-state index is 5.08. The van der Waals surface area contributed by atoms with E-state index in [0.29, 0.717) is 6.04 Å². The molecular weight excluding hydrogens is 238 g/mol. The first-order valence-electron chi connectivity index (χ1n) is 6.60. The molecule has 0 saturated carbocycles. The van der Waals surface area contributed by atoms with E-state index in [-0.39, 0.29) is 0 Å². The molecule has 1 aromatic carbocycles. The first-order chi connectivity index (χ1) is 9.28. The molecular formula is C15H21N3O. The predicted molar refractivity (Wildman–Crippen MR) is 77.3 cm³/mol. The third kappa shape index (κ3) is 4.41. The SMILES string of the molecule is COCCC(C)Nc1ccc(Cn2cccn2)cc1. The molecule has 2 aromatic rings. The number of rotatable bonds is 7. The van der Waals surface area contributed by atoms with E-state index < -0.39 is 0 Å². The van der Waals surface area contributed by atoms with E-state index in [9.17, 15) is 0 Å². The van der Waals surface area contributed by atoms with Crippen molar-refractivity contribution in [3.63, 3.8) is 0 Å². The smallest absolute Gasteiger partial charge is 0.0659 e. The van der Waals surface area contributed by atoms with Crippen LogP contribution in [-0.4, -0.2) is 29.5 Å². The normalized spacial score (nSPS) is 12.3. The summed E-state index contributed by atoms with van der Waals surface area (Å²) in [4.78, 5) is 0. The fourth-order valence-corrected chi connectivity index (χ4v) is 1.94. The highest BCUT2D eigenvalue weighted by Gasteiger charge is 2.02. The van der Waals surface area contributed by atoms with Gasteiger partial charge >= 0.3 is 0 Å². The molecule has 1 aromatic heterocycles. The molecule has 0 aliphatic carbocycles. The van der Waals surface area contributed by atoms with Gasteiger partial charge in [-0.15, -0.1) is 0 Å². The van der Waals surface area contributed by atoms with E-state index >= 15 is 0 Å². The number of nitrogens with zero attached hydrogens (tertiary/aromatic N) is 2. The third-order valence-corrected chi connectivity index (χ3v) is 3.03. The van der Waals surface area contributed by atoms with Crippen LogP contribution < -0.4 is 5.32 Å². The van der Waals surface area contributed by atoms with Crippen molar-refractivity contribution in [2.75, 3.05) is 19.0 Å². The lowest BCUT2D eigenvalue weighted by atomic mass is 10.2. The molecule has 0 saturated heterocycles. The molecule has 1 N–H and O–H groups in total. The zero-order valence-corrected chi connectivity index (χ0v) is 11.5. The van der Waals surface area contributed by atoms with Crippen molar-refractivity contribution in [1.29, 1.82) is 0 Å². The Bertz CT molecular complexity index is 465. The predicted octanol–water partition coefficient (Wildman–Crippen LogP) is 2.77. The molecule has 0 aliphatic heterocycles. The standard InChI is InChI=1S/C15H21N3O/c1-13(8-11-19-2)17-15-6-4-14(5-7-15)12-18-10-3-9-16-18/h3-7,9-10,13,17H,8,11-12H2,1-2H3. The van der Waals surface area contributed by atoms with Crippen LogP contribution >= 0.6 is 0 Å². The van der Waals surface area contributed by atoms with Crippen LogP contribution in [0.4, 0.5) is 5.69 Å². The van der Waals surface area contributed by atoms with Gasteiger partial charge in [-0.25, -0.2) is 0 Å². The monoisotopic (exact) mass is 259 g/mol. The van der Waals surface area contributed by atoms with Crippen molar-refractivity contribution in [3.05, 3.63) is 48.3 Å². The molecule has 2 rings (SSSR count). The lowest BCUT2D eigenvalue weighted by Crippen LogP contribution is -2.17. The first-order valence-corrected chi connectivity index (χ1v) is 6.60. The maximum atomic E-state index is 5.08. The fraction of sp³-hybridized carbons (Fsp3) is 0.400. The highest BCUT2D eigenvalue weighted by Crippen LogP contribution is 2.12. The van der Waals surface area contributed by atoms with Crippen LogP contribution in [0.25, 0.3) is 0 Å². The van der Waals surface area contributed by atoms with Gasteiger partial charge in [-0.05, 0) is 37.1 Å². The zero-order chi connectivity index (χ0) is 13.5. The van der Waals surface area contributed by atoms with Crippen LogP contribution in [-0.2, 0) is 11.3 Å². The summed E-state index contributed by atoms with van der Waals surface area (Å²) >= 11 is 0. The van der Waals surface area contributed by atoms with E-state index in [4.69, 9.17) is 4.74 Å². The highest BCUT2D eigenvalue weighted by molar-refractivity contribution is 5.45. The van der Waals surface area contributed by atoms with Crippen molar-refractivity contribution in [2.24, 2.45) is 0 Å². The molecule has 1 heterocycles. The van der Waals surface area contributed by atoms with E-state index in [1.165, 1.54) is 5.56 Å². The number of hydrogen-bond donors (Lipinski definition) is 1. The number of ether oxygens (including phenoxy) is 1. The van der Waals surface area contributed by atoms with Gasteiger partial charge in [0.1, 0.15) is 0 Å². The van der Waals surface area contributed by atoms with Crippen molar-refractivity contribution in [1.82, 2.24) is 9.78 Å². The number of aromatic nitrogens is 2. The quantitative estimate of drug-likeness (QED) is 0.831. The number of hydrogen-bond acceptors (Lipinski definition) is 3. The van der Waals surface area contributed by atoms with Crippen LogP contribution in [0, 0.1) is 0 Å². The van der Waals surface area contributed by atoms with Gasteiger partial charge in [0.25, 0.3) is 0 Å². The van der Waals surface area contributed by atoms with E-state index in [0.717, 1.165) is 25.3 Å². The van der Waals surface area contributed by atoms with Gasteiger partial charge in [0.2, 0.25) is 0 Å². The van der Waals surface area contributed by atoms with Crippen molar-refractivity contribution >= 4 is 5.69 Å². The van der Waals surface area contributed by atoms with Gasteiger partial charge in [-0.3, -0.25) is 4.68 Å². The molecule has 4 heteroatoms. The highest BCUT2D eigenvalue weighted by atomic mass is 16.5. The lowest BCUT2D eigenvalue weighted by molar-refractivity contribution is 0.191. The average Bonchev–Trinajstić information content (AvgIpc) is 2.91. The second-order valence-corrected chi connectivity index (χ2v) is 4.73. The Morgan fingerprint density at radius 1 is 1.32 bits per heavy atom.